The fourth-order valence-corrected chi connectivity index (χ4v) is 1.81. The fourth-order valence-electron chi connectivity index (χ4n) is 1.19. The van der Waals surface area contributed by atoms with Gasteiger partial charge in [0.25, 0.3) is 0 Å². The first-order chi connectivity index (χ1) is 7.61. The first-order valence-electron chi connectivity index (χ1n) is 5.12. The third-order valence-corrected chi connectivity index (χ3v) is 2.70. The van der Waals surface area contributed by atoms with Gasteiger partial charge in [-0.05, 0) is 26.0 Å². The number of thioether (sulfide) groups is 1. The lowest BCUT2D eigenvalue weighted by Gasteiger charge is -2.07. The number of nitrogens with zero attached hydrogens (tertiary/aromatic N) is 2. The molecule has 4 nitrogen and oxygen atoms in total. The molecule has 16 heavy (non-hydrogen) atoms. The topological polar surface area (TPSA) is 58.0 Å². The van der Waals surface area contributed by atoms with Crippen molar-refractivity contribution in [1.29, 1.82) is 0 Å². The predicted octanol–water partition coefficient (Wildman–Crippen LogP) is 2.42. The number of aromatic nitrogens is 2. The molecule has 0 amide bonds. The lowest BCUT2D eigenvalue weighted by molar-refractivity contribution is 0.183. The lowest BCUT2D eigenvalue weighted by atomic mass is 10.2. The number of hydrogen-bond acceptors (Lipinski definition) is 5. The zero-order valence-electron chi connectivity index (χ0n) is 9.40. The normalized spacial score (nSPS) is 12.5. The molecule has 0 aromatic carbocycles. The molecule has 1 rings (SSSR count). The molecule has 2 N–H and O–H groups in total. The van der Waals surface area contributed by atoms with E-state index >= 15 is 0 Å². The quantitative estimate of drug-likeness (QED) is 0.357. The minimum Gasteiger partial charge on any atom is -0.393 e. The summed E-state index contributed by atoms with van der Waals surface area (Å²) in [5, 5.41) is 13.4. The Bertz CT molecular complexity index is 336. The molecular weight excluding hydrogens is 246 g/mol. The molecule has 90 valence electrons. The molecule has 1 unspecified atom stereocenters. The zero-order chi connectivity index (χ0) is 12.0. The van der Waals surface area contributed by atoms with Crippen molar-refractivity contribution < 1.29 is 5.11 Å². The summed E-state index contributed by atoms with van der Waals surface area (Å²) in [6.07, 6.45) is 3.33. The standard InChI is InChI=1S/C10H16ClN3OS/c1-7(15)4-3-5-12-9-6-8(11)13-10(14-9)16-2/h6-7,15H,3-5H2,1-2H3,(H,12,13,14). The van der Waals surface area contributed by atoms with Crippen LogP contribution in [0.15, 0.2) is 11.2 Å². The van der Waals surface area contributed by atoms with Gasteiger partial charge >= 0.3 is 0 Å². The van der Waals surface area contributed by atoms with Crippen molar-refractivity contribution in [2.75, 3.05) is 18.1 Å². The van der Waals surface area contributed by atoms with Gasteiger partial charge < -0.3 is 10.4 Å². The second-order valence-corrected chi connectivity index (χ2v) is 4.64. The Balaban J connectivity index is 2.44. The largest absolute Gasteiger partial charge is 0.393 e. The number of aliphatic hydroxyl groups is 1. The van der Waals surface area contributed by atoms with E-state index in [2.05, 4.69) is 15.3 Å². The highest BCUT2D eigenvalue weighted by Gasteiger charge is 2.02. The Morgan fingerprint density at radius 1 is 1.56 bits per heavy atom. The smallest absolute Gasteiger partial charge is 0.190 e. The predicted molar refractivity (Wildman–Crippen MR) is 68.2 cm³/mol. The first kappa shape index (κ1) is 13.5. The number of nitrogens with one attached hydrogen (secondary N) is 1. The van der Waals surface area contributed by atoms with E-state index in [1.807, 2.05) is 6.26 Å². The van der Waals surface area contributed by atoms with Gasteiger partial charge in [0.05, 0.1) is 6.10 Å². The Morgan fingerprint density at radius 3 is 2.94 bits per heavy atom. The molecule has 0 spiro atoms. The van der Waals surface area contributed by atoms with Crippen LogP contribution in [0.25, 0.3) is 0 Å². The lowest BCUT2D eigenvalue weighted by Crippen LogP contribution is -2.08. The summed E-state index contributed by atoms with van der Waals surface area (Å²) in [6, 6.07) is 1.70. The molecule has 1 aromatic rings. The third kappa shape index (κ3) is 5.01. The SMILES string of the molecule is CSc1nc(Cl)cc(NCCCC(C)O)n1. The molecule has 0 fully saturated rings. The highest BCUT2D eigenvalue weighted by molar-refractivity contribution is 7.98. The van der Waals surface area contributed by atoms with Gasteiger partial charge in [0, 0.05) is 12.6 Å². The average molecular weight is 262 g/mol. The molecule has 0 aliphatic rings. The fraction of sp³-hybridized carbons (Fsp3) is 0.600. The summed E-state index contributed by atoms with van der Waals surface area (Å²) in [4.78, 5) is 8.31. The van der Waals surface area contributed by atoms with E-state index in [1.165, 1.54) is 11.8 Å². The van der Waals surface area contributed by atoms with Crippen LogP contribution in [-0.4, -0.2) is 34.0 Å². The van der Waals surface area contributed by atoms with Gasteiger partial charge in [-0.2, -0.15) is 0 Å². The minimum absolute atomic E-state index is 0.252. The van der Waals surface area contributed by atoms with Gasteiger partial charge in [-0.1, -0.05) is 23.4 Å². The average Bonchev–Trinajstić information content (AvgIpc) is 2.23. The summed E-state index contributed by atoms with van der Waals surface area (Å²) in [6.45, 7) is 2.56. The number of rotatable bonds is 6. The van der Waals surface area contributed by atoms with Crippen LogP contribution in [0.2, 0.25) is 5.15 Å². The molecule has 0 bridgehead atoms. The Labute approximate surface area is 105 Å². The van der Waals surface area contributed by atoms with E-state index in [-0.39, 0.29) is 6.10 Å². The molecule has 0 radical (unpaired) electrons. The van der Waals surface area contributed by atoms with Crippen molar-refractivity contribution in [2.45, 2.75) is 31.0 Å². The van der Waals surface area contributed by atoms with Crippen molar-refractivity contribution in [3.8, 4) is 0 Å². The van der Waals surface area contributed by atoms with Gasteiger partial charge in [-0.15, -0.1) is 0 Å². The Kier molecular flexibility index (Phi) is 5.87. The summed E-state index contributed by atoms with van der Waals surface area (Å²) in [5.41, 5.74) is 0. The van der Waals surface area contributed by atoms with Gasteiger partial charge in [0.1, 0.15) is 11.0 Å². The third-order valence-electron chi connectivity index (χ3n) is 1.96. The molecule has 6 heteroatoms. The van der Waals surface area contributed by atoms with Crippen LogP contribution < -0.4 is 5.32 Å². The number of hydrogen-bond donors (Lipinski definition) is 2. The first-order valence-corrected chi connectivity index (χ1v) is 6.72. The van der Waals surface area contributed by atoms with Crippen LogP contribution in [0, 0.1) is 0 Å². The van der Waals surface area contributed by atoms with Gasteiger partial charge in [0.2, 0.25) is 0 Å². The number of aliphatic hydroxyl groups excluding tert-OH is 1. The number of anilines is 1. The molecule has 0 aliphatic heterocycles. The van der Waals surface area contributed by atoms with Crippen LogP contribution in [0.5, 0.6) is 0 Å². The van der Waals surface area contributed by atoms with Gasteiger partial charge in [-0.25, -0.2) is 9.97 Å². The second kappa shape index (κ2) is 6.93. The summed E-state index contributed by atoms with van der Waals surface area (Å²) < 4.78 is 0. The van der Waals surface area contributed by atoms with E-state index in [4.69, 9.17) is 16.7 Å². The zero-order valence-corrected chi connectivity index (χ0v) is 11.0. The molecule has 1 atom stereocenters. The number of halogens is 1. The highest BCUT2D eigenvalue weighted by Crippen LogP contribution is 2.17. The van der Waals surface area contributed by atoms with E-state index in [0.29, 0.717) is 10.3 Å². The maximum Gasteiger partial charge on any atom is 0.190 e. The maximum absolute atomic E-state index is 9.10. The molecular formula is C10H16ClN3OS. The summed E-state index contributed by atoms with van der Waals surface area (Å²) in [5.74, 6) is 0.731. The van der Waals surface area contributed by atoms with Crippen LogP contribution >= 0.6 is 23.4 Å². The van der Waals surface area contributed by atoms with Crippen LogP contribution in [0.3, 0.4) is 0 Å². The molecule has 0 saturated carbocycles. The van der Waals surface area contributed by atoms with Gasteiger partial charge in [0.15, 0.2) is 5.16 Å². The summed E-state index contributed by atoms with van der Waals surface area (Å²) in [7, 11) is 0. The molecule has 0 aliphatic carbocycles. The van der Waals surface area contributed by atoms with Crippen molar-refractivity contribution in [3.05, 3.63) is 11.2 Å². The van der Waals surface area contributed by atoms with E-state index < -0.39 is 0 Å². The molecule has 0 saturated heterocycles. The Morgan fingerprint density at radius 2 is 2.31 bits per heavy atom. The molecule has 1 heterocycles. The van der Waals surface area contributed by atoms with E-state index in [9.17, 15) is 0 Å². The highest BCUT2D eigenvalue weighted by atomic mass is 35.5. The van der Waals surface area contributed by atoms with Gasteiger partial charge in [-0.3, -0.25) is 0 Å². The maximum atomic E-state index is 9.10. The second-order valence-electron chi connectivity index (χ2n) is 3.48. The Hall–Kier alpha value is -0.520. The molecule has 1 aromatic heterocycles. The van der Waals surface area contributed by atoms with Crippen molar-refractivity contribution in [1.82, 2.24) is 9.97 Å². The van der Waals surface area contributed by atoms with Crippen molar-refractivity contribution in [3.63, 3.8) is 0 Å². The van der Waals surface area contributed by atoms with E-state index in [0.717, 1.165) is 25.2 Å². The minimum atomic E-state index is -0.252. The summed E-state index contributed by atoms with van der Waals surface area (Å²) >= 11 is 7.30. The monoisotopic (exact) mass is 261 g/mol. The van der Waals surface area contributed by atoms with Crippen LogP contribution in [0.4, 0.5) is 5.82 Å². The van der Waals surface area contributed by atoms with Crippen LogP contribution in [-0.2, 0) is 0 Å². The van der Waals surface area contributed by atoms with Crippen molar-refractivity contribution >= 4 is 29.2 Å². The van der Waals surface area contributed by atoms with Crippen LogP contribution in [0.1, 0.15) is 19.8 Å². The van der Waals surface area contributed by atoms with E-state index in [1.54, 1.807) is 13.0 Å². The van der Waals surface area contributed by atoms with Crippen molar-refractivity contribution in [2.24, 2.45) is 0 Å².